The zero-order valence-corrected chi connectivity index (χ0v) is 13.3. The van der Waals surface area contributed by atoms with Crippen LogP contribution in [0.1, 0.15) is 16.7 Å². The molecule has 2 N–H and O–H groups in total. The van der Waals surface area contributed by atoms with Crippen molar-refractivity contribution in [2.45, 2.75) is 32.4 Å². The largest absolute Gasteiger partial charge is 0.482 e. The Hall–Kier alpha value is -2.34. The third-order valence-electron chi connectivity index (χ3n) is 3.99. The number of rotatable bonds is 5. The summed E-state index contributed by atoms with van der Waals surface area (Å²) in [7, 11) is 0. The van der Waals surface area contributed by atoms with E-state index in [-0.39, 0.29) is 18.1 Å². The Morgan fingerprint density at radius 3 is 3.09 bits per heavy atom. The number of amides is 1. The molecule has 2 heterocycles. The van der Waals surface area contributed by atoms with Gasteiger partial charge in [-0.25, -0.2) is 0 Å². The van der Waals surface area contributed by atoms with Crippen LogP contribution in [0, 0.1) is 13.8 Å². The summed E-state index contributed by atoms with van der Waals surface area (Å²) in [5.41, 5.74) is 3.33. The van der Waals surface area contributed by atoms with Gasteiger partial charge in [-0.3, -0.25) is 9.89 Å². The van der Waals surface area contributed by atoms with Crippen molar-refractivity contribution < 1.29 is 14.3 Å². The molecule has 0 unspecified atom stereocenters. The molecule has 0 aliphatic carbocycles. The van der Waals surface area contributed by atoms with Crippen LogP contribution < -0.4 is 10.1 Å². The number of nitrogens with one attached hydrogen (secondary N) is 2. The maximum absolute atomic E-state index is 12.3. The molecule has 6 nitrogen and oxygen atoms in total. The molecular weight excluding hydrogens is 294 g/mol. The van der Waals surface area contributed by atoms with Crippen molar-refractivity contribution in [3.8, 4) is 5.75 Å². The number of hydrogen-bond acceptors (Lipinski definition) is 4. The predicted octanol–water partition coefficient (Wildman–Crippen LogP) is 1.53. The Morgan fingerprint density at radius 1 is 1.43 bits per heavy atom. The van der Waals surface area contributed by atoms with Crippen LogP contribution in [-0.2, 0) is 16.0 Å². The number of aromatic amines is 1. The van der Waals surface area contributed by atoms with Crippen LogP contribution in [0.25, 0.3) is 0 Å². The van der Waals surface area contributed by atoms with Crippen LogP contribution in [0.15, 0.2) is 30.6 Å². The average molecular weight is 315 g/mol. The molecule has 2 aromatic rings. The summed E-state index contributed by atoms with van der Waals surface area (Å²) in [5.74, 6) is 0.629. The van der Waals surface area contributed by atoms with E-state index in [0.717, 1.165) is 16.7 Å². The minimum atomic E-state index is -0.199. The molecule has 1 aliphatic rings. The van der Waals surface area contributed by atoms with E-state index in [1.807, 2.05) is 19.9 Å². The fourth-order valence-corrected chi connectivity index (χ4v) is 2.69. The molecule has 0 spiro atoms. The van der Waals surface area contributed by atoms with Gasteiger partial charge in [0.15, 0.2) is 5.75 Å². The molecule has 0 bridgehead atoms. The number of carbonyl (C=O) groups is 1. The highest BCUT2D eigenvalue weighted by Crippen LogP contribution is 2.16. The number of benzene rings is 1. The van der Waals surface area contributed by atoms with Gasteiger partial charge in [-0.05, 0) is 25.0 Å². The Labute approximate surface area is 135 Å². The molecule has 6 heteroatoms. The van der Waals surface area contributed by atoms with E-state index in [4.69, 9.17) is 9.47 Å². The normalized spacial score (nSPS) is 20.4. The van der Waals surface area contributed by atoms with E-state index in [2.05, 4.69) is 27.6 Å². The standard InChI is InChI=1S/C17H21N3O3/c1-11-3-4-12(2)13(5-11)6-17(21)20-15-9-22-10-16(15)23-14-7-18-19-8-14/h3-5,7-8,15-16H,6,9-10H2,1-2H3,(H,18,19)(H,20,21)/t15-,16+/m0/s1. The topological polar surface area (TPSA) is 76.2 Å². The van der Waals surface area contributed by atoms with Gasteiger partial charge in [-0.2, -0.15) is 5.10 Å². The lowest BCUT2D eigenvalue weighted by atomic mass is 10.0. The maximum Gasteiger partial charge on any atom is 0.224 e. The van der Waals surface area contributed by atoms with Gasteiger partial charge in [0.05, 0.1) is 38.1 Å². The highest BCUT2D eigenvalue weighted by molar-refractivity contribution is 5.79. The number of nitrogens with zero attached hydrogens (tertiary/aromatic N) is 1. The van der Waals surface area contributed by atoms with Crippen LogP contribution in [0.5, 0.6) is 5.75 Å². The van der Waals surface area contributed by atoms with Crippen molar-refractivity contribution in [3.63, 3.8) is 0 Å². The first-order valence-corrected chi connectivity index (χ1v) is 7.70. The summed E-state index contributed by atoms with van der Waals surface area (Å²) >= 11 is 0. The first-order chi connectivity index (χ1) is 11.1. The second-order valence-electron chi connectivity index (χ2n) is 5.91. The summed E-state index contributed by atoms with van der Waals surface area (Å²) < 4.78 is 11.2. The minimum absolute atomic E-state index is 0.0185. The van der Waals surface area contributed by atoms with Gasteiger partial charge in [0.25, 0.3) is 0 Å². The number of H-pyrrole nitrogens is 1. The minimum Gasteiger partial charge on any atom is -0.482 e. The summed E-state index contributed by atoms with van der Waals surface area (Å²) in [5, 5.41) is 9.56. The summed E-state index contributed by atoms with van der Waals surface area (Å²) in [6.07, 6.45) is 3.44. The Balaban J connectivity index is 1.59. The Kier molecular flexibility index (Phi) is 4.62. The fourth-order valence-electron chi connectivity index (χ4n) is 2.69. The number of aromatic nitrogens is 2. The number of hydrogen-bond donors (Lipinski definition) is 2. The van der Waals surface area contributed by atoms with Crippen molar-refractivity contribution in [1.29, 1.82) is 0 Å². The molecule has 23 heavy (non-hydrogen) atoms. The number of ether oxygens (including phenoxy) is 2. The van der Waals surface area contributed by atoms with Crippen molar-refractivity contribution in [2.75, 3.05) is 13.2 Å². The highest BCUT2D eigenvalue weighted by atomic mass is 16.5. The van der Waals surface area contributed by atoms with Crippen LogP contribution in [-0.4, -0.2) is 41.5 Å². The molecule has 1 aliphatic heterocycles. The summed E-state index contributed by atoms with van der Waals surface area (Å²) in [4.78, 5) is 12.3. The molecule has 0 radical (unpaired) electrons. The third-order valence-corrected chi connectivity index (χ3v) is 3.99. The van der Waals surface area contributed by atoms with Gasteiger partial charge in [-0.15, -0.1) is 0 Å². The molecule has 122 valence electrons. The molecule has 1 aromatic heterocycles. The van der Waals surface area contributed by atoms with Crippen LogP contribution >= 0.6 is 0 Å². The van der Waals surface area contributed by atoms with Gasteiger partial charge < -0.3 is 14.8 Å². The Bertz CT molecular complexity index is 670. The van der Waals surface area contributed by atoms with E-state index in [0.29, 0.717) is 25.4 Å². The predicted molar refractivity (Wildman–Crippen MR) is 85.4 cm³/mol. The van der Waals surface area contributed by atoms with Gasteiger partial charge in [0, 0.05) is 0 Å². The van der Waals surface area contributed by atoms with E-state index < -0.39 is 0 Å². The summed E-state index contributed by atoms with van der Waals surface area (Å²) in [6.45, 7) is 4.96. The molecular formula is C17H21N3O3. The molecule has 1 amide bonds. The average Bonchev–Trinajstić information content (AvgIpc) is 3.16. The molecule has 3 rings (SSSR count). The fraction of sp³-hybridized carbons (Fsp3) is 0.412. The SMILES string of the molecule is Cc1ccc(C)c(CC(=O)N[C@H]2COC[C@H]2Oc2cn[nH]c2)c1. The smallest absolute Gasteiger partial charge is 0.224 e. The molecule has 1 saturated heterocycles. The lowest BCUT2D eigenvalue weighted by Crippen LogP contribution is -2.45. The second kappa shape index (κ2) is 6.83. The zero-order chi connectivity index (χ0) is 16.2. The van der Waals surface area contributed by atoms with Gasteiger partial charge in [0.2, 0.25) is 5.91 Å². The summed E-state index contributed by atoms with van der Waals surface area (Å²) in [6, 6.07) is 6.00. The van der Waals surface area contributed by atoms with Crippen molar-refractivity contribution in [1.82, 2.24) is 15.5 Å². The third kappa shape index (κ3) is 3.90. The van der Waals surface area contributed by atoms with Gasteiger partial charge in [-0.1, -0.05) is 23.8 Å². The first kappa shape index (κ1) is 15.6. The van der Waals surface area contributed by atoms with Crippen molar-refractivity contribution >= 4 is 5.91 Å². The van der Waals surface area contributed by atoms with Crippen LogP contribution in [0.4, 0.5) is 0 Å². The lowest BCUT2D eigenvalue weighted by Gasteiger charge is -2.20. The van der Waals surface area contributed by atoms with Gasteiger partial charge >= 0.3 is 0 Å². The van der Waals surface area contributed by atoms with E-state index in [1.165, 1.54) is 0 Å². The molecule has 2 atom stereocenters. The maximum atomic E-state index is 12.3. The number of aryl methyl sites for hydroxylation is 2. The van der Waals surface area contributed by atoms with Crippen molar-refractivity contribution in [3.05, 3.63) is 47.3 Å². The van der Waals surface area contributed by atoms with E-state index in [1.54, 1.807) is 12.4 Å². The first-order valence-electron chi connectivity index (χ1n) is 7.70. The monoisotopic (exact) mass is 315 g/mol. The van der Waals surface area contributed by atoms with Crippen molar-refractivity contribution in [2.24, 2.45) is 0 Å². The van der Waals surface area contributed by atoms with Crippen LogP contribution in [0.3, 0.4) is 0 Å². The van der Waals surface area contributed by atoms with E-state index in [9.17, 15) is 4.79 Å². The Morgan fingerprint density at radius 2 is 2.30 bits per heavy atom. The molecule has 0 saturated carbocycles. The van der Waals surface area contributed by atoms with E-state index >= 15 is 0 Å². The molecule has 1 aromatic carbocycles. The lowest BCUT2D eigenvalue weighted by molar-refractivity contribution is -0.121. The second-order valence-corrected chi connectivity index (χ2v) is 5.91. The van der Waals surface area contributed by atoms with Crippen LogP contribution in [0.2, 0.25) is 0 Å². The molecule has 1 fully saturated rings. The quantitative estimate of drug-likeness (QED) is 0.877. The number of carbonyl (C=O) groups excluding carboxylic acids is 1. The van der Waals surface area contributed by atoms with Gasteiger partial charge in [0.1, 0.15) is 6.10 Å². The zero-order valence-electron chi connectivity index (χ0n) is 13.3. The highest BCUT2D eigenvalue weighted by Gasteiger charge is 2.31.